The second kappa shape index (κ2) is 9.61. The van der Waals surface area contributed by atoms with E-state index in [9.17, 15) is 9.59 Å². The number of hydrogen-bond donors (Lipinski definition) is 3. The minimum atomic E-state index is -0.915. The fraction of sp³-hybridized carbons (Fsp3) is 0.846. The fourth-order valence-corrected chi connectivity index (χ4v) is 1.31. The number of nitrogens with one attached hydrogen (secondary N) is 2. The van der Waals surface area contributed by atoms with Crippen LogP contribution < -0.4 is 10.6 Å². The highest BCUT2D eigenvalue weighted by atomic mass is 16.5. The SMILES string of the molecule is CCCOCCCNC(=O)NCC(C)(CC)C(=O)O. The van der Waals surface area contributed by atoms with Crippen LogP contribution >= 0.6 is 0 Å². The first-order valence-electron chi connectivity index (χ1n) is 6.79. The van der Waals surface area contributed by atoms with Gasteiger partial charge in [-0.15, -0.1) is 0 Å². The van der Waals surface area contributed by atoms with Crippen molar-refractivity contribution in [3.05, 3.63) is 0 Å². The van der Waals surface area contributed by atoms with Gasteiger partial charge in [0.15, 0.2) is 0 Å². The number of carbonyl (C=O) groups is 2. The van der Waals surface area contributed by atoms with E-state index < -0.39 is 11.4 Å². The number of rotatable bonds is 10. The summed E-state index contributed by atoms with van der Waals surface area (Å²) in [6.07, 6.45) is 2.20. The number of ether oxygens (including phenoxy) is 1. The Labute approximate surface area is 114 Å². The molecule has 112 valence electrons. The van der Waals surface area contributed by atoms with Gasteiger partial charge in [-0.2, -0.15) is 0 Å². The first kappa shape index (κ1) is 17.7. The predicted octanol–water partition coefficient (Wildman–Crippen LogP) is 1.60. The van der Waals surface area contributed by atoms with Crippen LogP contribution in [-0.2, 0) is 9.53 Å². The minimum Gasteiger partial charge on any atom is -0.481 e. The van der Waals surface area contributed by atoms with Crippen molar-refractivity contribution in [3.8, 4) is 0 Å². The third kappa shape index (κ3) is 7.66. The van der Waals surface area contributed by atoms with E-state index in [1.165, 1.54) is 0 Å². The number of urea groups is 1. The summed E-state index contributed by atoms with van der Waals surface area (Å²) in [6, 6.07) is -0.337. The van der Waals surface area contributed by atoms with Crippen LogP contribution in [0.25, 0.3) is 0 Å². The van der Waals surface area contributed by atoms with Gasteiger partial charge in [-0.05, 0) is 26.2 Å². The van der Waals surface area contributed by atoms with Gasteiger partial charge >= 0.3 is 12.0 Å². The molecular weight excluding hydrogens is 248 g/mol. The maximum Gasteiger partial charge on any atom is 0.314 e. The number of carboxylic acid groups (broad SMARTS) is 1. The molecule has 2 amide bonds. The highest BCUT2D eigenvalue weighted by Gasteiger charge is 2.31. The molecule has 0 aliphatic carbocycles. The molecule has 0 saturated carbocycles. The molecule has 6 heteroatoms. The second-order valence-corrected chi connectivity index (χ2v) is 4.79. The summed E-state index contributed by atoms with van der Waals surface area (Å²) >= 11 is 0. The Hall–Kier alpha value is -1.30. The van der Waals surface area contributed by atoms with Crippen molar-refractivity contribution in [2.75, 3.05) is 26.3 Å². The molecular formula is C13H26N2O4. The molecule has 1 atom stereocenters. The molecule has 0 aliphatic rings. The molecule has 6 nitrogen and oxygen atoms in total. The van der Waals surface area contributed by atoms with Gasteiger partial charge in [0.2, 0.25) is 0 Å². The molecule has 3 N–H and O–H groups in total. The van der Waals surface area contributed by atoms with E-state index in [2.05, 4.69) is 10.6 Å². The highest BCUT2D eigenvalue weighted by Crippen LogP contribution is 2.19. The zero-order valence-corrected chi connectivity index (χ0v) is 12.1. The van der Waals surface area contributed by atoms with Crippen molar-refractivity contribution in [2.45, 2.75) is 40.0 Å². The molecule has 0 spiro atoms. The van der Waals surface area contributed by atoms with Gasteiger partial charge in [-0.1, -0.05) is 13.8 Å². The molecule has 0 bridgehead atoms. The number of aliphatic carboxylic acids is 1. The van der Waals surface area contributed by atoms with E-state index in [0.29, 0.717) is 19.6 Å². The van der Waals surface area contributed by atoms with Crippen molar-refractivity contribution in [2.24, 2.45) is 5.41 Å². The molecule has 0 radical (unpaired) electrons. The fourth-order valence-electron chi connectivity index (χ4n) is 1.31. The zero-order chi connectivity index (χ0) is 14.7. The van der Waals surface area contributed by atoms with Crippen LogP contribution in [0, 0.1) is 5.41 Å². The maximum absolute atomic E-state index is 11.5. The standard InChI is InChI=1S/C13H26N2O4/c1-4-8-19-9-6-7-14-12(18)15-10-13(3,5-2)11(16)17/h4-10H2,1-3H3,(H,16,17)(H2,14,15,18). The van der Waals surface area contributed by atoms with Gasteiger partial charge in [0.25, 0.3) is 0 Å². The highest BCUT2D eigenvalue weighted by molar-refractivity contribution is 5.77. The Bertz CT molecular complexity index is 284. The van der Waals surface area contributed by atoms with Crippen LogP contribution in [0.2, 0.25) is 0 Å². The average Bonchev–Trinajstić information content (AvgIpc) is 2.39. The first-order valence-corrected chi connectivity index (χ1v) is 6.79. The van der Waals surface area contributed by atoms with E-state index >= 15 is 0 Å². The summed E-state index contributed by atoms with van der Waals surface area (Å²) in [6.45, 7) is 7.45. The minimum absolute atomic E-state index is 0.122. The van der Waals surface area contributed by atoms with Gasteiger partial charge in [0, 0.05) is 26.3 Å². The molecule has 0 fully saturated rings. The van der Waals surface area contributed by atoms with Gasteiger partial charge in [0.05, 0.1) is 5.41 Å². The number of carbonyl (C=O) groups excluding carboxylic acids is 1. The van der Waals surface area contributed by atoms with Crippen molar-refractivity contribution >= 4 is 12.0 Å². The lowest BCUT2D eigenvalue weighted by Crippen LogP contribution is -2.44. The van der Waals surface area contributed by atoms with E-state index in [1.807, 2.05) is 6.92 Å². The summed E-state index contributed by atoms with van der Waals surface area (Å²) in [4.78, 5) is 22.5. The molecule has 0 aromatic rings. The van der Waals surface area contributed by atoms with Crippen LogP contribution in [-0.4, -0.2) is 43.4 Å². The lowest BCUT2D eigenvalue weighted by molar-refractivity contribution is -0.147. The third-order valence-corrected chi connectivity index (χ3v) is 3.04. The molecule has 19 heavy (non-hydrogen) atoms. The molecule has 0 aliphatic heterocycles. The maximum atomic E-state index is 11.5. The Morgan fingerprint density at radius 3 is 2.42 bits per heavy atom. The van der Waals surface area contributed by atoms with Gasteiger partial charge in [0.1, 0.15) is 0 Å². The average molecular weight is 274 g/mol. The Balaban J connectivity index is 3.72. The van der Waals surface area contributed by atoms with Crippen LogP contribution in [0.1, 0.15) is 40.0 Å². The molecule has 0 aromatic carbocycles. The Kier molecular flexibility index (Phi) is 8.95. The van der Waals surface area contributed by atoms with E-state index in [-0.39, 0.29) is 12.6 Å². The summed E-state index contributed by atoms with van der Waals surface area (Å²) in [7, 11) is 0. The molecule has 0 aromatic heterocycles. The lowest BCUT2D eigenvalue weighted by atomic mass is 9.88. The van der Waals surface area contributed by atoms with Crippen LogP contribution in [0.15, 0.2) is 0 Å². The van der Waals surface area contributed by atoms with E-state index in [4.69, 9.17) is 9.84 Å². The van der Waals surface area contributed by atoms with Crippen molar-refractivity contribution < 1.29 is 19.4 Å². The zero-order valence-electron chi connectivity index (χ0n) is 12.1. The number of carboxylic acids is 1. The van der Waals surface area contributed by atoms with E-state index in [1.54, 1.807) is 13.8 Å². The summed E-state index contributed by atoms with van der Waals surface area (Å²) < 4.78 is 5.28. The van der Waals surface area contributed by atoms with Gasteiger partial charge in [-0.25, -0.2) is 4.79 Å². The third-order valence-electron chi connectivity index (χ3n) is 3.04. The Morgan fingerprint density at radius 2 is 1.89 bits per heavy atom. The predicted molar refractivity (Wildman–Crippen MR) is 73.2 cm³/mol. The number of amides is 2. The second-order valence-electron chi connectivity index (χ2n) is 4.79. The van der Waals surface area contributed by atoms with Crippen LogP contribution in [0.4, 0.5) is 4.79 Å². The topological polar surface area (TPSA) is 87.7 Å². The van der Waals surface area contributed by atoms with Crippen LogP contribution in [0.3, 0.4) is 0 Å². The van der Waals surface area contributed by atoms with Crippen molar-refractivity contribution in [1.29, 1.82) is 0 Å². The lowest BCUT2D eigenvalue weighted by Gasteiger charge is -2.23. The molecule has 0 heterocycles. The summed E-state index contributed by atoms with van der Waals surface area (Å²) in [5.74, 6) is -0.900. The summed E-state index contributed by atoms with van der Waals surface area (Å²) in [5, 5.41) is 14.3. The normalized spacial score (nSPS) is 13.6. The van der Waals surface area contributed by atoms with Crippen molar-refractivity contribution in [3.63, 3.8) is 0 Å². The summed E-state index contributed by atoms with van der Waals surface area (Å²) in [5.41, 5.74) is -0.915. The molecule has 0 saturated heterocycles. The monoisotopic (exact) mass is 274 g/mol. The molecule has 0 rings (SSSR count). The van der Waals surface area contributed by atoms with Crippen molar-refractivity contribution in [1.82, 2.24) is 10.6 Å². The first-order chi connectivity index (χ1) is 8.96. The van der Waals surface area contributed by atoms with Gasteiger partial charge < -0.3 is 20.5 Å². The van der Waals surface area contributed by atoms with Gasteiger partial charge in [-0.3, -0.25) is 4.79 Å². The van der Waals surface area contributed by atoms with Crippen LogP contribution in [0.5, 0.6) is 0 Å². The Morgan fingerprint density at radius 1 is 1.21 bits per heavy atom. The quantitative estimate of drug-likeness (QED) is 0.528. The van der Waals surface area contributed by atoms with E-state index in [0.717, 1.165) is 19.4 Å². The largest absolute Gasteiger partial charge is 0.481 e. The number of hydrogen-bond acceptors (Lipinski definition) is 3. The smallest absolute Gasteiger partial charge is 0.314 e. The molecule has 1 unspecified atom stereocenters.